The van der Waals surface area contributed by atoms with Crippen molar-refractivity contribution in [3.63, 3.8) is 0 Å². The summed E-state index contributed by atoms with van der Waals surface area (Å²) < 4.78 is 18.9. The van der Waals surface area contributed by atoms with Gasteiger partial charge in [0.1, 0.15) is 11.6 Å². The van der Waals surface area contributed by atoms with Gasteiger partial charge >= 0.3 is 0 Å². The molecule has 0 saturated heterocycles. The number of ether oxygens (including phenoxy) is 1. The molecule has 0 radical (unpaired) electrons. The highest BCUT2D eigenvalue weighted by Gasteiger charge is 2.16. The highest BCUT2D eigenvalue weighted by Crippen LogP contribution is 2.23. The maximum Gasteiger partial charge on any atom is 0.132 e. The minimum absolute atomic E-state index is 0.250. The summed E-state index contributed by atoms with van der Waals surface area (Å²) >= 11 is 0. The predicted molar refractivity (Wildman–Crippen MR) is 66.5 cm³/mol. The van der Waals surface area contributed by atoms with Gasteiger partial charge < -0.3 is 9.84 Å². The summed E-state index contributed by atoms with van der Waals surface area (Å²) in [6, 6.07) is 6.55. The molecule has 0 aliphatic rings. The first-order valence-electron chi connectivity index (χ1n) is 5.87. The molecule has 1 aromatic rings. The van der Waals surface area contributed by atoms with E-state index >= 15 is 0 Å². The molecule has 1 rings (SSSR count). The zero-order chi connectivity index (χ0) is 13.8. The molecule has 0 bridgehead atoms. The van der Waals surface area contributed by atoms with Crippen molar-refractivity contribution in [2.45, 2.75) is 33.3 Å². The van der Waals surface area contributed by atoms with Crippen LogP contribution in [0.4, 0.5) is 4.39 Å². The smallest absolute Gasteiger partial charge is 0.132 e. The molecule has 1 unspecified atom stereocenters. The minimum atomic E-state index is -0.837. The van der Waals surface area contributed by atoms with Crippen molar-refractivity contribution in [1.82, 2.24) is 0 Å². The average molecular weight is 251 g/mol. The van der Waals surface area contributed by atoms with Gasteiger partial charge in [0.05, 0.1) is 24.2 Å². The molecule has 0 aliphatic heterocycles. The summed E-state index contributed by atoms with van der Waals surface area (Å²) in [5, 5.41) is 18.1. The monoisotopic (exact) mass is 251 g/mol. The molecular formula is C14H18FNO2. The zero-order valence-corrected chi connectivity index (χ0v) is 10.9. The van der Waals surface area contributed by atoms with Crippen molar-refractivity contribution in [1.29, 1.82) is 5.26 Å². The van der Waals surface area contributed by atoms with Crippen LogP contribution in [0.1, 0.15) is 38.9 Å². The number of rotatable bonds is 5. The van der Waals surface area contributed by atoms with E-state index in [1.807, 2.05) is 13.8 Å². The molecule has 1 N–H and O–H groups in total. The van der Waals surface area contributed by atoms with Crippen LogP contribution in [0.5, 0.6) is 5.75 Å². The second-order valence-electron chi connectivity index (χ2n) is 4.95. The number of nitriles is 1. The van der Waals surface area contributed by atoms with Gasteiger partial charge in [0.2, 0.25) is 0 Å². The topological polar surface area (TPSA) is 53.2 Å². The van der Waals surface area contributed by atoms with Crippen LogP contribution in [0.2, 0.25) is 0 Å². The second kappa shape index (κ2) is 5.83. The summed E-state index contributed by atoms with van der Waals surface area (Å²) in [5.41, 5.74) is -0.197. The van der Waals surface area contributed by atoms with E-state index in [4.69, 9.17) is 10.00 Å². The van der Waals surface area contributed by atoms with Crippen LogP contribution in [0.25, 0.3) is 0 Å². The Hall–Kier alpha value is -1.60. The van der Waals surface area contributed by atoms with Crippen LogP contribution in [-0.4, -0.2) is 11.7 Å². The van der Waals surface area contributed by atoms with Crippen molar-refractivity contribution in [3.05, 3.63) is 29.6 Å². The number of halogens is 1. The maximum atomic E-state index is 13.5. The third-order valence-electron chi connectivity index (χ3n) is 2.72. The third-order valence-corrected chi connectivity index (χ3v) is 2.72. The van der Waals surface area contributed by atoms with Crippen molar-refractivity contribution < 1.29 is 14.2 Å². The van der Waals surface area contributed by atoms with Crippen LogP contribution >= 0.6 is 0 Å². The van der Waals surface area contributed by atoms with Crippen molar-refractivity contribution in [3.8, 4) is 11.8 Å². The number of aliphatic hydroxyl groups is 1. The van der Waals surface area contributed by atoms with E-state index in [-0.39, 0.29) is 5.56 Å². The van der Waals surface area contributed by atoms with Gasteiger partial charge in [-0.1, -0.05) is 0 Å². The van der Waals surface area contributed by atoms with E-state index in [2.05, 4.69) is 6.07 Å². The van der Waals surface area contributed by atoms with E-state index in [9.17, 15) is 9.50 Å². The Labute approximate surface area is 107 Å². The lowest BCUT2D eigenvalue weighted by Gasteiger charge is -2.15. The van der Waals surface area contributed by atoms with Crippen LogP contribution in [0.15, 0.2) is 18.2 Å². The second-order valence-corrected chi connectivity index (χ2v) is 4.95. The van der Waals surface area contributed by atoms with Gasteiger partial charge in [-0.2, -0.15) is 5.26 Å². The summed E-state index contributed by atoms with van der Waals surface area (Å²) in [5.74, 6) is -0.0762. The van der Waals surface area contributed by atoms with E-state index < -0.39 is 17.3 Å². The highest BCUT2D eigenvalue weighted by atomic mass is 19.1. The quantitative estimate of drug-likeness (QED) is 0.874. The third kappa shape index (κ3) is 4.01. The molecular weight excluding hydrogens is 233 g/mol. The van der Waals surface area contributed by atoms with Crippen LogP contribution in [0, 0.1) is 22.6 Å². The molecule has 98 valence electrons. The molecule has 4 heteroatoms. The first-order valence-corrected chi connectivity index (χ1v) is 5.87. The van der Waals surface area contributed by atoms with Gasteiger partial charge in [0, 0.05) is 11.6 Å². The van der Waals surface area contributed by atoms with Gasteiger partial charge in [0.25, 0.3) is 0 Å². The summed E-state index contributed by atoms with van der Waals surface area (Å²) in [6.07, 6.45) is -0.264. The first kappa shape index (κ1) is 14.5. The molecule has 18 heavy (non-hydrogen) atoms. The molecule has 0 heterocycles. The molecule has 0 saturated carbocycles. The van der Waals surface area contributed by atoms with Gasteiger partial charge in [-0.05, 0) is 39.3 Å². The Morgan fingerprint density at radius 2 is 2.17 bits per heavy atom. The molecule has 0 amide bonds. The Morgan fingerprint density at radius 3 is 2.67 bits per heavy atom. The molecule has 1 aromatic carbocycles. The lowest BCUT2D eigenvalue weighted by atomic mass is 9.92. The lowest BCUT2D eigenvalue weighted by Crippen LogP contribution is -2.13. The standard InChI is InChI=1S/C14H18FNO2/c1-10(17)12-5-4-11(8-13(12)15)18-7-6-14(2,3)9-16/h4-5,8,10,17H,6-7H2,1-3H3. The fourth-order valence-electron chi connectivity index (χ4n) is 1.42. The molecule has 1 atom stereocenters. The van der Waals surface area contributed by atoms with Gasteiger partial charge in [-0.25, -0.2) is 4.39 Å². The van der Waals surface area contributed by atoms with E-state index in [0.29, 0.717) is 18.8 Å². The largest absolute Gasteiger partial charge is 0.493 e. The van der Waals surface area contributed by atoms with Crippen LogP contribution in [0.3, 0.4) is 0 Å². The average Bonchev–Trinajstić information content (AvgIpc) is 2.28. The molecule has 3 nitrogen and oxygen atoms in total. The molecule has 0 spiro atoms. The van der Waals surface area contributed by atoms with Gasteiger partial charge in [-0.15, -0.1) is 0 Å². The molecule has 0 fully saturated rings. The number of hydrogen-bond acceptors (Lipinski definition) is 3. The Kier molecular flexibility index (Phi) is 4.69. The van der Waals surface area contributed by atoms with Crippen molar-refractivity contribution in [2.24, 2.45) is 5.41 Å². The maximum absolute atomic E-state index is 13.5. The fourth-order valence-corrected chi connectivity index (χ4v) is 1.42. The Morgan fingerprint density at radius 1 is 1.50 bits per heavy atom. The minimum Gasteiger partial charge on any atom is -0.493 e. The van der Waals surface area contributed by atoms with E-state index in [1.54, 1.807) is 6.07 Å². The van der Waals surface area contributed by atoms with Crippen LogP contribution in [-0.2, 0) is 0 Å². The van der Waals surface area contributed by atoms with Gasteiger partial charge in [0.15, 0.2) is 0 Å². The SMILES string of the molecule is CC(O)c1ccc(OCCC(C)(C)C#N)cc1F. The van der Waals surface area contributed by atoms with E-state index in [0.717, 1.165) is 0 Å². The lowest BCUT2D eigenvalue weighted by molar-refractivity contribution is 0.193. The summed E-state index contributed by atoms with van der Waals surface area (Å²) in [7, 11) is 0. The number of aliphatic hydroxyl groups excluding tert-OH is 1. The fraction of sp³-hybridized carbons (Fsp3) is 0.500. The summed E-state index contributed by atoms with van der Waals surface area (Å²) in [6.45, 7) is 5.52. The van der Waals surface area contributed by atoms with Gasteiger partial charge in [-0.3, -0.25) is 0 Å². The first-order chi connectivity index (χ1) is 8.35. The number of benzene rings is 1. The predicted octanol–water partition coefficient (Wildman–Crippen LogP) is 3.20. The molecule has 0 aliphatic carbocycles. The molecule has 0 aromatic heterocycles. The Balaban J connectivity index is 2.60. The normalized spacial score (nSPS) is 12.9. The highest BCUT2D eigenvalue weighted by molar-refractivity contribution is 5.30. The number of hydrogen-bond donors (Lipinski definition) is 1. The van der Waals surface area contributed by atoms with E-state index in [1.165, 1.54) is 19.1 Å². The van der Waals surface area contributed by atoms with Crippen molar-refractivity contribution in [2.75, 3.05) is 6.61 Å². The number of nitrogens with zero attached hydrogens (tertiary/aromatic N) is 1. The summed E-state index contributed by atoms with van der Waals surface area (Å²) in [4.78, 5) is 0. The Bertz CT molecular complexity index is 450. The van der Waals surface area contributed by atoms with Crippen molar-refractivity contribution >= 4 is 0 Å². The zero-order valence-electron chi connectivity index (χ0n) is 10.9. The van der Waals surface area contributed by atoms with Crippen LogP contribution < -0.4 is 4.74 Å².